The molecule has 1 rings (SSSR count). The van der Waals surface area contributed by atoms with Crippen LogP contribution in [0.5, 0.6) is 0 Å². The third kappa shape index (κ3) is 3.38. The van der Waals surface area contributed by atoms with E-state index < -0.39 is 0 Å². The Morgan fingerprint density at radius 1 is 1.54 bits per heavy atom. The van der Waals surface area contributed by atoms with Crippen molar-refractivity contribution in [3.05, 3.63) is 0 Å². The van der Waals surface area contributed by atoms with Crippen molar-refractivity contribution in [1.82, 2.24) is 9.80 Å². The molecule has 0 aromatic carbocycles. The Hall–Kier alpha value is -0.520. The first-order valence-electron chi connectivity index (χ1n) is 5.06. The molecule has 0 bridgehead atoms. The molecule has 0 spiro atoms. The highest BCUT2D eigenvalue weighted by atomic mass is 15.2. The largest absolute Gasteiger partial charge is 0.305 e. The average molecular weight is 180 g/mol. The van der Waals surface area contributed by atoms with Gasteiger partial charge in [0.25, 0.3) is 0 Å². The van der Waals surface area contributed by atoms with Crippen LogP contribution in [0.25, 0.3) is 0 Å². The summed E-state index contributed by atoms with van der Waals surface area (Å²) >= 11 is 0. The van der Waals surface area contributed by atoms with Gasteiger partial charge in [0.05, 0.1) is 0 Å². The van der Waals surface area contributed by atoms with Gasteiger partial charge < -0.3 is 9.80 Å². The molecule has 1 aliphatic heterocycles. The van der Waals surface area contributed by atoms with Gasteiger partial charge in [-0.3, -0.25) is 0 Å². The summed E-state index contributed by atoms with van der Waals surface area (Å²) in [5, 5.41) is 0. The lowest BCUT2D eigenvalue weighted by molar-refractivity contribution is 0.135. The molecular weight excluding hydrogens is 160 g/mol. The topological polar surface area (TPSA) is 6.48 Å². The summed E-state index contributed by atoms with van der Waals surface area (Å²) in [6, 6.07) is 0.728. The quantitative estimate of drug-likeness (QED) is 0.599. The second-order valence-electron chi connectivity index (χ2n) is 4.01. The summed E-state index contributed by atoms with van der Waals surface area (Å²) in [7, 11) is 4.32. The second kappa shape index (κ2) is 5.26. The van der Waals surface area contributed by atoms with Gasteiger partial charge in [-0.25, -0.2) is 0 Å². The molecule has 0 radical (unpaired) electrons. The van der Waals surface area contributed by atoms with Gasteiger partial charge in [0.2, 0.25) is 0 Å². The number of rotatable bonds is 3. The van der Waals surface area contributed by atoms with Gasteiger partial charge in [-0.1, -0.05) is 0 Å². The van der Waals surface area contributed by atoms with Crippen LogP contribution in [-0.4, -0.2) is 49.6 Å². The molecule has 2 heteroatoms. The molecule has 0 aromatic rings. The van der Waals surface area contributed by atoms with Gasteiger partial charge in [-0.2, -0.15) is 0 Å². The van der Waals surface area contributed by atoms with E-state index in [0.717, 1.165) is 19.0 Å². The zero-order valence-electron chi connectivity index (χ0n) is 8.79. The minimum Gasteiger partial charge on any atom is -0.305 e. The third-order valence-electron chi connectivity index (χ3n) is 2.78. The van der Waals surface area contributed by atoms with E-state index in [1.54, 1.807) is 0 Å². The molecule has 13 heavy (non-hydrogen) atoms. The average Bonchev–Trinajstić information content (AvgIpc) is 2.15. The predicted octanol–water partition coefficient (Wildman–Crippen LogP) is 1.04. The molecule has 0 aliphatic carbocycles. The molecule has 0 aromatic heterocycles. The maximum Gasteiger partial charge on any atom is 0.0217 e. The van der Waals surface area contributed by atoms with E-state index in [0.29, 0.717) is 0 Å². The highest BCUT2D eigenvalue weighted by Gasteiger charge is 2.20. The van der Waals surface area contributed by atoms with Crippen molar-refractivity contribution in [2.75, 3.05) is 33.7 Å². The van der Waals surface area contributed by atoms with Crippen LogP contribution in [0.1, 0.15) is 19.3 Å². The Morgan fingerprint density at radius 3 is 2.92 bits per heavy atom. The van der Waals surface area contributed by atoms with Gasteiger partial charge in [0, 0.05) is 25.6 Å². The van der Waals surface area contributed by atoms with E-state index in [2.05, 4.69) is 29.8 Å². The van der Waals surface area contributed by atoms with Crippen molar-refractivity contribution in [2.24, 2.45) is 0 Å². The monoisotopic (exact) mass is 180 g/mol. The predicted molar refractivity (Wildman–Crippen MR) is 56.6 cm³/mol. The SMILES string of the molecule is C#CCCN1CCCC(N(C)C)C1. The smallest absolute Gasteiger partial charge is 0.0217 e. The normalized spacial score (nSPS) is 24.6. The van der Waals surface area contributed by atoms with Crippen LogP contribution in [0.15, 0.2) is 0 Å². The minimum absolute atomic E-state index is 0.728. The van der Waals surface area contributed by atoms with E-state index in [1.165, 1.54) is 25.9 Å². The van der Waals surface area contributed by atoms with Crippen LogP contribution in [0.4, 0.5) is 0 Å². The van der Waals surface area contributed by atoms with Crippen LogP contribution in [0.2, 0.25) is 0 Å². The molecule has 0 saturated carbocycles. The Balaban J connectivity index is 2.29. The van der Waals surface area contributed by atoms with E-state index in [4.69, 9.17) is 6.42 Å². The maximum absolute atomic E-state index is 5.25. The number of piperidine rings is 1. The van der Waals surface area contributed by atoms with Crippen LogP contribution >= 0.6 is 0 Å². The highest BCUT2D eigenvalue weighted by Crippen LogP contribution is 2.13. The summed E-state index contributed by atoms with van der Waals surface area (Å²) < 4.78 is 0. The lowest BCUT2D eigenvalue weighted by atomic mass is 10.0. The van der Waals surface area contributed by atoms with Crippen molar-refractivity contribution in [3.8, 4) is 12.3 Å². The first-order chi connectivity index (χ1) is 6.24. The molecule has 0 amide bonds. The Kier molecular flexibility index (Phi) is 4.27. The number of likely N-dealkylation sites (N-methyl/N-ethyl adjacent to an activating group) is 1. The lowest BCUT2D eigenvalue weighted by Gasteiger charge is -2.35. The Bertz CT molecular complexity index is 181. The third-order valence-corrected chi connectivity index (χ3v) is 2.78. The number of likely N-dealkylation sites (tertiary alicyclic amines) is 1. The Morgan fingerprint density at radius 2 is 2.31 bits per heavy atom. The molecule has 2 nitrogen and oxygen atoms in total. The summed E-state index contributed by atoms with van der Waals surface area (Å²) in [5.41, 5.74) is 0. The highest BCUT2D eigenvalue weighted by molar-refractivity contribution is 4.86. The zero-order valence-corrected chi connectivity index (χ0v) is 8.79. The van der Waals surface area contributed by atoms with E-state index in [9.17, 15) is 0 Å². The number of hydrogen-bond acceptors (Lipinski definition) is 2. The molecular formula is C11H20N2. The van der Waals surface area contributed by atoms with Crippen molar-refractivity contribution < 1.29 is 0 Å². The number of terminal acetylenes is 1. The van der Waals surface area contributed by atoms with Crippen LogP contribution in [0.3, 0.4) is 0 Å². The van der Waals surface area contributed by atoms with Gasteiger partial charge in [0.1, 0.15) is 0 Å². The molecule has 0 N–H and O–H groups in total. The van der Waals surface area contributed by atoms with Gasteiger partial charge in [-0.15, -0.1) is 12.3 Å². The van der Waals surface area contributed by atoms with Crippen LogP contribution < -0.4 is 0 Å². The van der Waals surface area contributed by atoms with Crippen LogP contribution in [0, 0.1) is 12.3 Å². The molecule has 1 heterocycles. The fourth-order valence-electron chi connectivity index (χ4n) is 1.88. The first kappa shape index (κ1) is 10.6. The maximum atomic E-state index is 5.25. The van der Waals surface area contributed by atoms with Crippen molar-refractivity contribution in [2.45, 2.75) is 25.3 Å². The van der Waals surface area contributed by atoms with E-state index in [1.807, 2.05) is 0 Å². The summed E-state index contributed by atoms with van der Waals surface area (Å²) in [5.74, 6) is 2.70. The molecule has 74 valence electrons. The first-order valence-corrected chi connectivity index (χ1v) is 5.06. The summed E-state index contributed by atoms with van der Waals surface area (Å²) in [6.07, 6.45) is 8.79. The van der Waals surface area contributed by atoms with Crippen molar-refractivity contribution in [3.63, 3.8) is 0 Å². The second-order valence-corrected chi connectivity index (χ2v) is 4.01. The van der Waals surface area contributed by atoms with Gasteiger partial charge >= 0.3 is 0 Å². The van der Waals surface area contributed by atoms with Gasteiger partial charge in [-0.05, 0) is 33.5 Å². The molecule has 1 unspecified atom stereocenters. The molecule has 1 aliphatic rings. The molecule has 1 atom stereocenters. The fraction of sp³-hybridized carbons (Fsp3) is 0.818. The van der Waals surface area contributed by atoms with Crippen LogP contribution in [-0.2, 0) is 0 Å². The standard InChI is InChI=1S/C11H20N2/c1-4-5-8-13-9-6-7-11(10-13)12(2)3/h1,11H,5-10H2,2-3H3. The van der Waals surface area contributed by atoms with E-state index >= 15 is 0 Å². The van der Waals surface area contributed by atoms with E-state index in [-0.39, 0.29) is 0 Å². The summed E-state index contributed by atoms with van der Waals surface area (Å²) in [4.78, 5) is 4.80. The fourth-order valence-corrected chi connectivity index (χ4v) is 1.88. The lowest BCUT2D eigenvalue weighted by Crippen LogP contribution is -2.45. The van der Waals surface area contributed by atoms with Crippen molar-refractivity contribution in [1.29, 1.82) is 0 Å². The zero-order chi connectivity index (χ0) is 9.68. The number of nitrogens with zero attached hydrogens (tertiary/aromatic N) is 2. The minimum atomic E-state index is 0.728. The van der Waals surface area contributed by atoms with Crippen molar-refractivity contribution >= 4 is 0 Å². The summed E-state index contributed by atoms with van der Waals surface area (Å²) in [6.45, 7) is 3.49. The molecule has 1 saturated heterocycles. The number of hydrogen-bond donors (Lipinski definition) is 0. The van der Waals surface area contributed by atoms with Gasteiger partial charge in [0.15, 0.2) is 0 Å². The Labute approximate surface area is 81.9 Å². The molecule has 1 fully saturated rings.